The normalized spacial score (nSPS) is 11.7. The number of fused-ring (bicyclic) bond motifs is 1. The molecule has 0 saturated carbocycles. The monoisotopic (exact) mass is 367 g/mol. The lowest BCUT2D eigenvalue weighted by atomic mass is 10.1. The average molecular weight is 368 g/mol. The number of aryl methyl sites for hydroxylation is 1. The van der Waals surface area contributed by atoms with E-state index in [1.807, 2.05) is 30.3 Å². The highest BCUT2D eigenvalue weighted by molar-refractivity contribution is 9.10. The molecule has 0 radical (unpaired) electrons. The first-order valence-corrected chi connectivity index (χ1v) is 8.34. The molecule has 0 aliphatic rings. The number of nitrogens with two attached hydrogens (primary N) is 1. The first-order valence-electron chi connectivity index (χ1n) is 7.54. The predicted octanol–water partition coefficient (Wildman–Crippen LogP) is 5.22. The topological polar surface area (TPSA) is 50.4 Å². The number of hydrogen-bond donors (Lipinski definition) is 2. The fourth-order valence-corrected chi connectivity index (χ4v) is 2.84. The molecular formula is C19H18BrN3. The molecule has 4 heteroatoms. The summed E-state index contributed by atoms with van der Waals surface area (Å²) in [4.78, 5) is 4.54. The molecule has 0 aromatic heterocycles. The maximum atomic E-state index is 6.11. The van der Waals surface area contributed by atoms with Crippen LogP contribution in [0.5, 0.6) is 0 Å². The Morgan fingerprint density at radius 2 is 1.87 bits per heavy atom. The van der Waals surface area contributed by atoms with Gasteiger partial charge in [-0.2, -0.15) is 0 Å². The summed E-state index contributed by atoms with van der Waals surface area (Å²) in [6.07, 6.45) is 0.975. The number of guanidine groups is 1. The number of hydrogen-bond acceptors (Lipinski definition) is 1. The van der Waals surface area contributed by atoms with Gasteiger partial charge < -0.3 is 11.1 Å². The van der Waals surface area contributed by atoms with E-state index >= 15 is 0 Å². The van der Waals surface area contributed by atoms with Crippen LogP contribution in [0.15, 0.2) is 70.1 Å². The SMILES string of the molecule is CCc1ccc(Br)c(NC(N)=Nc2cccc3ccccc23)c1. The summed E-state index contributed by atoms with van der Waals surface area (Å²) >= 11 is 3.54. The summed E-state index contributed by atoms with van der Waals surface area (Å²) in [7, 11) is 0. The number of nitrogens with zero attached hydrogens (tertiary/aromatic N) is 1. The number of nitrogens with one attached hydrogen (secondary N) is 1. The maximum Gasteiger partial charge on any atom is 0.198 e. The maximum absolute atomic E-state index is 6.11. The minimum absolute atomic E-state index is 0.371. The largest absolute Gasteiger partial charge is 0.369 e. The van der Waals surface area contributed by atoms with E-state index in [1.54, 1.807) is 0 Å². The molecule has 0 heterocycles. The van der Waals surface area contributed by atoms with Gasteiger partial charge >= 0.3 is 0 Å². The molecule has 0 aliphatic carbocycles. The molecule has 3 nitrogen and oxygen atoms in total. The van der Waals surface area contributed by atoms with Crippen LogP contribution in [0.4, 0.5) is 11.4 Å². The van der Waals surface area contributed by atoms with Crippen LogP contribution in [0.25, 0.3) is 10.8 Å². The molecule has 0 saturated heterocycles. The molecule has 23 heavy (non-hydrogen) atoms. The number of benzene rings is 3. The van der Waals surface area contributed by atoms with Crippen LogP contribution in [0, 0.1) is 0 Å². The van der Waals surface area contributed by atoms with Crippen LogP contribution in [0.2, 0.25) is 0 Å². The highest BCUT2D eigenvalue weighted by atomic mass is 79.9. The summed E-state index contributed by atoms with van der Waals surface area (Å²) in [5.41, 5.74) is 9.13. The zero-order valence-electron chi connectivity index (χ0n) is 12.9. The molecule has 0 bridgehead atoms. The van der Waals surface area contributed by atoms with E-state index in [-0.39, 0.29) is 0 Å². The lowest BCUT2D eigenvalue weighted by Crippen LogP contribution is -2.22. The van der Waals surface area contributed by atoms with Crippen LogP contribution in [0.3, 0.4) is 0 Å². The van der Waals surface area contributed by atoms with E-state index in [0.29, 0.717) is 5.96 Å². The van der Waals surface area contributed by atoms with Crippen LogP contribution in [0.1, 0.15) is 12.5 Å². The molecule has 0 spiro atoms. The van der Waals surface area contributed by atoms with Gasteiger partial charge in [0.15, 0.2) is 5.96 Å². The Bertz CT molecular complexity index is 866. The minimum Gasteiger partial charge on any atom is -0.369 e. The first-order chi connectivity index (χ1) is 11.2. The van der Waals surface area contributed by atoms with Crippen LogP contribution in [-0.4, -0.2) is 5.96 Å². The average Bonchev–Trinajstić information content (AvgIpc) is 2.57. The summed E-state index contributed by atoms with van der Waals surface area (Å²) in [5, 5.41) is 5.41. The van der Waals surface area contributed by atoms with Crippen molar-refractivity contribution in [3.63, 3.8) is 0 Å². The third-order valence-electron chi connectivity index (χ3n) is 3.71. The van der Waals surface area contributed by atoms with Crippen molar-refractivity contribution >= 4 is 44.0 Å². The Labute approximate surface area is 144 Å². The molecule has 116 valence electrons. The second kappa shape index (κ2) is 6.84. The van der Waals surface area contributed by atoms with Crippen molar-refractivity contribution in [2.45, 2.75) is 13.3 Å². The highest BCUT2D eigenvalue weighted by Crippen LogP contribution is 2.27. The summed E-state index contributed by atoms with van der Waals surface area (Å²) < 4.78 is 0.964. The van der Waals surface area contributed by atoms with Gasteiger partial charge in [-0.05, 0) is 51.5 Å². The Morgan fingerprint density at radius 1 is 1.09 bits per heavy atom. The van der Waals surface area contributed by atoms with Crippen molar-refractivity contribution < 1.29 is 0 Å². The third-order valence-corrected chi connectivity index (χ3v) is 4.40. The van der Waals surface area contributed by atoms with Gasteiger partial charge in [-0.15, -0.1) is 0 Å². The van der Waals surface area contributed by atoms with Gasteiger partial charge in [-0.3, -0.25) is 0 Å². The smallest absolute Gasteiger partial charge is 0.198 e. The molecule has 0 aliphatic heterocycles. The van der Waals surface area contributed by atoms with E-state index in [4.69, 9.17) is 5.73 Å². The fraction of sp³-hybridized carbons (Fsp3) is 0.105. The molecule has 0 atom stereocenters. The van der Waals surface area contributed by atoms with Crippen LogP contribution in [-0.2, 0) is 6.42 Å². The molecule has 3 rings (SSSR count). The zero-order chi connectivity index (χ0) is 16.2. The second-order valence-electron chi connectivity index (χ2n) is 5.29. The van der Waals surface area contributed by atoms with Crippen LogP contribution < -0.4 is 11.1 Å². The van der Waals surface area contributed by atoms with E-state index in [1.165, 1.54) is 5.56 Å². The molecule has 3 aromatic carbocycles. The Kier molecular flexibility index (Phi) is 4.63. The molecule has 3 N–H and O–H groups in total. The lowest BCUT2D eigenvalue weighted by Gasteiger charge is -2.10. The Morgan fingerprint density at radius 3 is 2.70 bits per heavy atom. The van der Waals surface area contributed by atoms with E-state index in [2.05, 4.69) is 63.5 Å². The van der Waals surface area contributed by atoms with Crippen molar-refractivity contribution in [3.05, 3.63) is 70.7 Å². The van der Waals surface area contributed by atoms with Gasteiger partial charge in [0.1, 0.15) is 0 Å². The Hall–Kier alpha value is -2.33. The standard InChI is InChI=1S/C19H18BrN3/c1-2-13-10-11-16(20)18(12-13)23-19(21)22-17-9-5-7-14-6-3-4-8-15(14)17/h3-12H,2H2,1H3,(H3,21,22,23). The third kappa shape index (κ3) is 3.54. The van der Waals surface area contributed by atoms with Crippen molar-refractivity contribution in [2.24, 2.45) is 10.7 Å². The van der Waals surface area contributed by atoms with Gasteiger partial charge in [-0.25, -0.2) is 4.99 Å². The van der Waals surface area contributed by atoms with Crippen LogP contribution >= 0.6 is 15.9 Å². The molecular weight excluding hydrogens is 350 g/mol. The summed E-state index contributed by atoms with van der Waals surface area (Å²) in [5.74, 6) is 0.371. The fourth-order valence-electron chi connectivity index (χ4n) is 2.49. The number of rotatable bonds is 3. The second-order valence-corrected chi connectivity index (χ2v) is 6.14. The van der Waals surface area contributed by atoms with Gasteiger partial charge in [0.25, 0.3) is 0 Å². The van der Waals surface area contributed by atoms with Gasteiger partial charge in [0.2, 0.25) is 0 Å². The van der Waals surface area contributed by atoms with Gasteiger partial charge in [0.05, 0.1) is 11.4 Å². The quantitative estimate of drug-likeness (QED) is 0.492. The van der Waals surface area contributed by atoms with Crippen molar-refractivity contribution in [1.29, 1.82) is 0 Å². The molecule has 0 fully saturated rings. The van der Waals surface area contributed by atoms with Crippen molar-refractivity contribution in [2.75, 3.05) is 5.32 Å². The highest BCUT2D eigenvalue weighted by Gasteiger charge is 2.04. The molecule has 0 unspecified atom stereocenters. The van der Waals surface area contributed by atoms with E-state index in [9.17, 15) is 0 Å². The van der Waals surface area contributed by atoms with E-state index < -0.39 is 0 Å². The van der Waals surface area contributed by atoms with Crippen molar-refractivity contribution in [3.8, 4) is 0 Å². The van der Waals surface area contributed by atoms with Crippen molar-refractivity contribution in [1.82, 2.24) is 0 Å². The number of anilines is 1. The molecule has 0 amide bonds. The zero-order valence-corrected chi connectivity index (χ0v) is 14.5. The number of halogens is 1. The summed E-state index contributed by atoms with van der Waals surface area (Å²) in [6.45, 7) is 2.13. The predicted molar refractivity (Wildman–Crippen MR) is 102 cm³/mol. The minimum atomic E-state index is 0.371. The Balaban J connectivity index is 1.93. The van der Waals surface area contributed by atoms with E-state index in [0.717, 1.165) is 33.0 Å². The number of aliphatic imine (C=N–C) groups is 1. The first kappa shape index (κ1) is 15.6. The summed E-state index contributed by atoms with van der Waals surface area (Å²) in [6, 6.07) is 20.4. The van der Waals surface area contributed by atoms with Gasteiger partial charge in [0, 0.05) is 9.86 Å². The van der Waals surface area contributed by atoms with Gasteiger partial charge in [-0.1, -0.05) is 49.4 Å². The molecule has 3 aromatic rings. The lowest BCUT2D eigenvalue weighted by molar-refractivity contribution is 1.14.